The summed E-state index contributed by atoms with van der Waals surface area (Å²) in [5.41, 5.74) is 4.10. The topological polar surface area (TPSA) is 60.5 Å². The Balaban J connectivity index is 1.50. The fourth-order valence-electron chi connectivity index (χ4n) is 3.79. The van der Waals surface area contributed by atoms with Crippen LogP contribution < -0.4 is 14.8 Å². The minimum Gasteiger partial charge on any atom is -0.493 e. The van der Waals surface area contributed by atoms with Gasteiger partial charge in [0.25, 0.3) is 5.91 Å². The van der Waals surface area contributed by atoms with Gasteiger partial charge in [0.05, 0.1) is 13.2 Å². The van der Waals surface area contributed by atoms with Crippen LogP contribution >= 0.6 is 0 Å². The Kier molecular flexibility index (Phi) is 5.98. The quantitative estimate of drug-likeness (QED) is 0.580. The van der Waals surface area contributed by atoms with Crippen LogP contribution in [0.5, 0.6) is 11.5 Å². The summed E-state index contributed by atoms with van der Waals surface area (Å²) >= 11 is 0. The molecule has 30 heavy (non-hydrogen) atoms. The van der Waals surface area contributed by atoms with Gasteiger partial charge in [-0.3, -0.25) is 9.78 Å². The third-order valence-corrected chi connectivity index (χ3v) is 5.46. The number of methoxy groups -OCH3 is 1. The molecular weight excluding hydrogens is 376 g/mol. The van der Waals surface area contributed by atoms with Gasteiger partial charge in [0, 0.05) is 11.9 Å². The Labute approximate surface area is 177 Å². The zero-order chi connectivity index (χ0) is 20.9. The van der Waals surface area contributed by atoms with Gasteiger partial charge in [0.2, 0.25) is 0 Å². The third-order valence-electron chi connectivity index (χ3n) is 5.46. The maximum Gasteiger partial charge on any atom is 0.274 e. The molecule has 1 N–H and O–H groups in total. The zero-order valence-corrected chi connectivity index (χ0v) is 17.4. The van der Waals surface area contributed by atoms with Gasteiger partial charge in [-0.1, -0.05) is 24.3 Å². The molecule has 1 saturated carbocycles. The molecule has 0 radical (unpaired) electrons. The number of amides is 1. The van der Waals surface area contributed by atoms with Gasteiger partial charge in [-0.05, 0) is 79.6 Å². The number of nitrogens with one attached hydrogen (secondary N) is 1. The lowest BCUT2D eigenvalue weighted by Gasteiger charge is -2.17. The molecule has 5 nitrogen and oxygen atoms in total. The lowest BCUT2D eigenvalue weighted by molar-refractivity contribution is 0.102. The molecular formula is C25H26N2O3. The molecule has 3 aromatic rings. The number of carbonyl (C=O) groups excluding carboxylic acids is 1. The predicted molar refractivity (Wildman–Crippen MR) is 118 cm³/mol. The monoisotopic (exact) mass is 402 g/mol. The second-order valence-electron chi connectivity index (χ2n) is 7.59. The van der Waals surface area contributed by atoms with Crippen molar-refractivity contribution in [2.24, 2.45) is 0 Å². The van der Waals surface area contributed by atoms with E-state index in [9.17, 15) is 4.79 Å². The smallest absolute Gasteiger partial charge is 0.274 e. The fourth-order valence-corrected chi connectivity index (χ4v) is 3.79. The molecule has 2 aromatic carbocycles. The molecule has 1 aliphatic carbocycles. The number of aromatic nitrogens is 1. The second kappa shape index (κ2) is 8.99. The number of rotatable bonds is 6. The minimum atomic E-state index is -0.211. The number of hydrogen-bond donors (Lipinski definition) is 1. The van der Waals surface area contributed by atoms with Crippen molar-refractivity contribution >= 4 is 11.6 Å². The van der Waals surface area contributed by atoms with E-state index < -0.39 is 0 Å². The number of aryl methyl sites for hydroxylation is 1. The SMILES string of the molecule is COc1ccc(-c2ccc(NC(=O)c3ncccc3C)cc2)cc1OC1CCCC1. The summed E-state index contributed by atoms with van der Waals surface area (Å²) in [5, 5.41) is 2.91. The van der Waals surface area contributed by atoms with E-state index in [-0.39, 0.29) is 12.0 Å². The number of carbonyl (C=O) groups is 1. The molecule has 4 rings (SSSR count). The number of anilines is 1. The van der Waals surface area contributed by atoms with Gasteiger partial charge in [-0.25, -0.2) is 0 Å². The highest BCUT2D eigenvalue weighted by atomic mass is 16.5. The number of ether oxygens (including phenoxy) is 2. The Bertz CT molecular complexity index is 1020. The molecule has 0 aliphatic heterocycles. The Hall–Kier alpha value is -3.34. The van der Waals surface area contributed by atoms with E-state index in [1.807, 2.05) is 61.5 Å². The van der Waals surface area contributed by atoms with Crippen molar-refractivity contribution in [3.63, 3.8) is 0 Å². The van der Waals surface area contributed by atoms with Crippen LogP contribution in [0.1, 0.15) is 41.7 Å². The van der Waals surface area contributed by atoms with Crippen molar-refractivity contribution in [1.29, 1.82) is 0 Å². The van der Waals surface area contributed by atoms with Crippen LogP contribution in [0.15, 0.2) is 60.8 Å². The van der Waals surface area contributed by atoms with Gasteiger partial charge < -0.3 is 14.8 Å². The van der Waals surface area contributed by atoms with Crippen LogP contribution in [-0.4, -0.2) is 24.1 Å². The number of benzene rings is 2. The molecule has 1 aromatic heterocycles. The summed E-state index contributed by atoms with van der Waals surface area (Å²) in [7, 11) is 1.66. The van der Waals surface area contributed by atoms with Crippen molar-refractivity contribution in [3.05, 3.63) is 72.1 Å². The highest BCUT2D eigenvalue weighted by molar-refractivity contribution is 6.03. The first-order valence-electron chi connectivity index (χ1n) is 10.3. The Morgan fingerprint density at radius 2 is 1.73 bits per heavy atom. The van der Waals surface area contributed by atoms with Crippen LogP contribution in [0, 0.1) is 6.92 Å². The van der Waals surface area contributed by atoms with E-state index in [1.54, 1.807) is 13.3 Å². The second-order valence-corrected chi connectivity index (χ2v) is 7.59. The van der Waals surface area contributed by atoms with Gasteiger partial charge in [-0.2, -0.15) is 0 Å². The molecule has 154 valence electrons. The first-order valence-corrected chi connectivity index (χ1v) is 10.3. The summed E-state index contributed by atoms with van der Waals surface area (Å²) in [4.78, 5) is 16.6. The van der Waals surface area contributed by atoms with E-state index in [0.717, 1.165) is 46.7 Å². The van der Waals surface area contributed by atoms with E-state index in [1.165, 1.54) is 12.8 Å². The van der Waals surface area contributed by atoms with E-state index >= 15 is 0 Å². The molecule has 0 atom stereocenters. The van der Waals surface area contributed by atoms with Gasteiger partial charge >= 0.3 is 0 Å². The van der Waals surface area contributed by atoms with Gasteiger partial charge in [0.1, 0.15) is 5.69 Å². The van der Waals surface area contributed by atoms with Crippen molar-refractivity contribution in [3.8, 4) is 22.6 Å². The van der Waals surface area contributed by atoms with Crippen molar-refractivity contribution in [1.82, 2.24) is 4.98 Å². The molecule has 1 fully saturated rings. The summed E-state index contributed by atoms with van der Waals surface area (Å²) in [5.74, 6) is 1.32. The molecule has 0 unspecified atom stereocenters. The van der Waals surface area contributed by atoms with Crippen LogP contribution in [-0.2, 0) is 0 Å². The molecule has 1 aliphatic rings. The average Bonchev–Trinajstić information content (AvgIpc) is 3.27. The van der Waals surface area contributed by atoms with Crippen LogP contribution in [0.25, 0.3) is 11.1 Å². The lowest BCUT2D eigenvalue weighted by atomic mass is 10.0. The van der Waals surface area contributed by atoms with E-state index in [4.69, 9.17) is 9.47 Å². The van der Waals surface area contributed by atoms with Crippen molar-refractivity contribution in [2.45, 2.75) is 38.7 Å². The Morgan fingerprint density at radius 3 is 2.43 bits per heavy atom. The Morgan fingerprint density at radius 1 is 1.00 bits per heavy atom. The molecule has 5 heteroatoms. The average molecular weight is 402 g/mol. The maximum absolute atomic E-state index is 12.5. The van der Waals surface area contributed by atoms with Gasteiger partial charge in [-0.15, -0.1) is 0 Å². The molecule has 1 amide bonds. The summed E-state index contributed by atoms with van der Waals surface area (Å²) in [6.45, 7) is 1.87. The fraction of sp³-hybridized carbons (Fsp3) is 0.280. The first kappa shape index (κ1) is 20.0. The molecule has 0 bridgehead atoms. The summed E-state index contributed by atoms with van der Waals surface area (Å²) < 4.78 is 11.7. The molecule has 0 saturated heterocycles. The lowest BCUT2D eigenvalue weighted by Crippen LogP contribution is -2.14. The zero-order valence-electron chi connectivity index (χ0n) is 17.4. The van der Waals surface area contributed by atoms with Gasteiger partial charge in [0.15, 0.2) is 11.5 Å². The van der Waals surface area contributed by atoms with Crippen molar-refractivity contribution in [2.75, 3.05) is 12.4 Å². The van der Waals surface area contributed by atoms with Crippen LogP contribution in [0.3, 0.4) is 0 Å². The standard InChI is InChI=1S/C25H26N2O3/c1-17-6-5-15-26-24(17)25(28)27-20-12-9-18(10-13-20)19-11-14-22(29-2)23(16-19)30-21-7-3-4-8-21/h5-6,9-16,21H,3-4,7-8H2,1-2H3,(H,27,28). The molecule has 1 heterocycles. The highest BCUT2D eigenvalue weighted by Crippen LogP contribution is 2.35. The minimum absolute atomic E-state index is 0.211. The summed E-state index contributed by atoms with van der Waals surface area (Å²) in [6.07, 6.45) is 6.52. The maximum atomic E-state index is 12.5. The number of hydrogen-bond acceptors (Lipinski definition) is 4. The normalized spacial score (nSPS) is 13.8. The van der Waals surface area contributed by atoms with Crippen LogP contribution in [0.2, 0.25) is 0 Å². The van der Waals surface area contributed by atoms with Crippen molar-refractivity contribution < 1.29 is 14.3 Å². The summed E-state index contributed by atoms with van der Waals surface area (Å²) in [6, 6.07) is 17.5. The molecule has 0 spiro atoms. The number of nitrogens with zero attached hydrogens (tertiary/aromatic N) is 1. The largest absolute Gasteiger partial charge is 0.493 e. The van der Waals surface area contributed by atoms with E-state index in [2.05, 4.69) is 10.3 Å². The number of pyridine rings is 1. The predicted octanol–water partition coefficient (Wildman–Crippen LogP) is 5.64. The van der Waals surface area contributed by atoms with Crippen LogP contribution in [0.4, 0.5) is 5.69 Å². The third kappa shape index (κ3) is 4.46. The van der Waals surface area contributed by atoms with E-state index in [0.29, 0.717) is 5.69 Å². The first-order chi connectivity index (χ1) is 14.6. The highest BCUT2D eigenvalue weighted by Gasteiger charge is 2.19.